The number of rotatable bonds is 3. The molecule has 2 aliphatic rings. The topological polar surface area (TPSA) is 69.7 Å². The van der Waals surface area contributed by atoms with E-state index >= 15 is 0 Å². The molecule has 2 aromatic carbocycles. The van der Waals surface area contributed by atoms with E-state index in [0.29, 0.717) is 11.4 Å². The Morgan fingerprint density at radius 3 is 2.27 bits per heavy atom. The maximum atomic E-state index is 13.1. The average Bonchev–Trinajstić information content (AvgIpc) is 3.15. The monoisotopic (exact) mass is 411 g/mol. The second-order valence-corrected chi connectivity index (χ2v) is 6.94. The Morgan fingerprint density at radius 1 is 1.00 bits per heavy atom. The van der Waals surface area contributed by atoms with E-state index < -0.39 is 11.9 Å². The highest BCUT2D eigenvalue weighted by Gasteiger charge is 2.53. The van der Waals surface area contributed by atoms with Crippen LogP contribution in [0.15, 0.2) is 70.3 Å². The van der Waals surface area contributed by atoms with E-state index in [4.69, 9.17) is 0 Å². The van der Waals surface area contributed by atoms with Gasteiger partial charge in [-0.3, -0.25) is 24.8 Å². The van der Waals surface area contributed by atoms with Crippen LogP contribution in [0.1, 0.15) is 6.92 Å². The molecular formula is C19H14BrN3O3. The van der Waals surface area contributed by atoms with Gasteiger partial charge in [0, 0.05) is 11.4 Å². The number of benzene rings is 2. The summed E-state index contributed by atoms with van der Waals surface area (Å²) in [5, 5.41) is 1.57. The molecule has 0 spiro atoms. The summed E-state index contributed by atoms with van der Waals surface area (Å²) >= 11 is 3.34. The van der Waals surface area contributed by atoms with Gasteiger partial charge in [0.15, 0.2) is 11.8 Å². The second kappa shape index (κ2) is 6.10. The molecule has 1 N–H and O–H groups in total. The van der Waals surface area contributed by atoms with Crippen LogP contribution in [0, 0.1) is 0 Å². The Balaban J connectivity index is 1.82. The van der Waals surface area contributed by atoms with Crippen molar-refractivity contribution in [2.75, 3.05) is 9.91 Å². The van der Waals surface area contributed by atoms with E-state index in [1.165, 1.54) is 6.92 Å². The number of fused-ring (bicyclic) bond motifs is 1. The lowest BCUT2D eigenvalue weighted by atomic mass is 10.1. The van der Waals surface area contributed by atoms with Crippen LogP contribution in [-0.4, -0.2) is 23.6 Å². The van der Waals surface area contributed by atoms with E-state index in [1.807, 2.05) is 30.3 Å². The van der Waals surface area contributed by atoms with E-state index in [0.717, 1.165) is 9.37 Å². The minimum Gasteiger partial charge on any atom is -0.293 e. The third-order valence-electron chi connectivity index (χ3n) is 4.39. The first-order chi connectivity index (χ1) is 12.5. The highest BCUT2D eigenvalue weighted by atomic mass is 79.9. The molecule has 1 unspecified atom stereocenters. The zero-order chi connectivity index (χ0) is 18.4. The Bertz CT molecular complexity index is 954. The van der Waals surface area contributed by atoms with Gasteiger partial charge in [-0.2, -0.15) is 0 Å². The van der Waals surface area contributed by atoms with Crippen LogP contribution >= 0.6 is 15.9 Å². The molecule has 6 nitrogen and oxygen atoms in total. The molecule has 2 amide bonds. The van der Waals surface area contributed by atoms with Gasteiger partial charge in [-0.25, -0.2) is 4.90 Å². The van der Waals surface area contributed by atoms with Gasteiger partial charge in [0.25, 0.3) is 11.8 Å². The predicted molar refractivity (Wildman–Crippen MR) is 100 cm³/mol. The molecule has 2 heterocycles. The predicted octanol–water partition coefficient (Wildman–Crippen LogP) is 2.56. The van der Waals surface area contributed by atoms with E-state index in [2.05, 4.69) is 21.4 Å². The van der Waals surface area contributed by atoms with E-state index in [-0.39, 0.29) is 23.0 Å². The van der Waals surface area contributed by atoms with E-state index in [9.17, 15) is 14.4 Å². The molecule has 0 aromatic heterocycles. The molecule has 0 radical (unpaired) electrons. The fourth-order valence-electron chi connectivity index (χ4n) is 3.22. The number of nitrogens with one attached hydrogen (secondary N) is 1. The van der Waals surface area contributed by atoms with Crippen molar-refractivity contribution in [2.45, 2.75) is 13.0 Å². The number of halogens is 1. The number of anilines is 2. The summed E-state index contributed by atoms with van der Waals surface area (Å²) in [6.07, 6.45) is 0. The summed E-state index contributed by atoms with van der Waals surface area (Å²) in [4.78, 5) is 39.3. The molecule has 0 aliphatic carbocycles. The van der Waals surface area contributed by atoms with Gasteiger partial charge in [-0.1, -0.05) is 34.1 Å². The first-order valence-corrected chi connectivity index (χ1v) is 8.78. The third-order valence-corrected chi connectivity index (χ3v) is 4.92. The Hall–Kier alpha value is -2.93. The summed E-state index contributed by atoms with van der Waals surface area (Å²) in [5.41, 5.74) is 4.46. The second-order valence-electron chi connectivity index (χ2n) is 6.02. The number of hydrazine groups is 1. The van der Waals surface area contributed by atoms with Crippen molar-refractivity contribution >= 4 is 44.9 Å². The number of para-hydroxylation sites is 1. The minimum atomic E-state index is -0.868. The summed E-state index contributed by atoms with van der Waals surface area (Å²) in [5.74, 6) is -1.15. The van der Waals surface area contributed by atoms with Crippen molar-refractivity contribution in [1.82, 2.24) is 5.43 Å². The van der Waals surface area contributed by atoms with Gasteiger partial charge in [0.1, 0.15) is 5.70 Å². The number of hydrogen-bond donors (Lipinski definition) is 1. The van der Waals surface area contributed by atoms with Gasteiger partial charge < -0.3 is 0 Å². The Labute approximate surface area is 158 Å². The first kappa shape index (κ1) is 16.5. The van der Waals surface area contributed by atoms with Crippen LogP contribution in [-0.2, 0) is 14.4 Å². The van der Waals surface area contributed by atoms with Crippen LogP contribution in [0.25, 0.3) is 0 Å². The number of ketones is 1. The zero-order valence-corrected chi connectivity index (χ0v) is 15.4. The zero-order valence-electron chi connectivity index (χ0n) is 13.8. The summed E-state index contributed by atoms with van der Waals surface area (Å²) < 4.78 is 0.844. The van der Waals surface area contributed by atoms with Crippen molar-refractivity contribution < 1.29 is 14.4 Å². The molecule has 4 rings (SSSR count). The number of amides is 2. The summed E-state index contributed by atoms with van der Waals surface area (Å²) in [6.45, 7) is 1.38. The van der Waals surface area contributed by atoms with Gasteiger partial charge in [0.2, 0.25) is 0 Å². The lowest BCUT2D eigenvalue weighted by Crippen LogP contribution is -2.46. The smallest absolute Gasteiger partial charge is 0.266 e. The van der Waals surface area contributed by atoms with Gasteiger partial charge in [-0.05, 0) is 36.4 Å². The lowest BCUT2D eigenvalue weighted by Gasteiger charge is -2.26. The van der Waals surface area contributed by atoms with Crippen LogP contribution in [0.4, 0.5) is 11.4 Å². The normalized spacial score (nSPS) is 19.1. The number of carbonyl (C=O) groups is 3. The summed E-state index contributed by atoms with van der Waals surface area (Å²) in [7, 11) is 0. The molecule has 1 atom stereocenters. The highest BCUT2D eigenvalue weighted by Crippen LogP contribution is 2.36. The summed E-state index contributed by atoms with van der Waals surface area (Å²) in [6, 6.07) is 15.2. The molecule has 2 aliphatic heterocycles. The molecule has 130 valence electrons. The molecule has 0 saturated carbocycles. The van der Waals surface area contributed by atoms with Crippen LogP contribution < -0.4 is 15.3 Å². The number of nitrogens with zero attached hydrogens (tertiary/aromatic N) is 2. The Morgan fingerprint density at radius 2 is 1.65 bits per heavy atom. The van der Waals surface area contributed by atoms with Crippen LogP contribution in [0.2, 0.25) is 0 Å². The van der Waals surface area contributed by atoms with Gasteiger partial charge in [0.05, 0.1) is 16.9 Å². The molecule has 1 fully saturated rings. The van der Waals surface area contributed by atoms with Crippen molar-refractivity contribution in [3.8, 4) is 0 Å². The third kappa shape index (κ3) is 2.43. The van der Waals surface area contributed by atoms with E-state index in [1.54, 1.807) is 29.3 Å². The minimum absolute atomic E-state index is 0.164. The maximum Gasteiger partial charge on any atom is 0.266 e. The van der Waals surface area contributed by atoms with Crippen molar-refractivity contribution in [3.05, 3.63) is 70.3 Å². The van der Waals surface area contributed by atoms with Gasteiger partial charge >= 0.3 is 0 Å². The molecule has 1 saturated heterocycles. The number of carbonyl (C=O) groups excluding carboxylic acids is 3. The maximum absolute atomic E-state index is 13.1. The quantitative estimate of drug-likeness (QED) is 0.785. The fraction of sp³-hybridized carbons (Fsp3) is 0.105. The molecule has 0 bridgehead atoms. The SMILES string of the molecule is CC(=O)C1=C2C(=O)N(c3ccc(Br)cc3)C(=O)C2N(c2ccccc2)N1. The fourth-order valence-corrected chi connectivity index (χ4v) is 3.48. The average molecular weight is 412 g/mol. The van der Waals surface area contributed by atoms with Crippen molar-refractivity contribution in [1.29, 1.82) is 0 Å². The first-order valence-electron chi connectivity index (χ1n) is 7.99. The number of hydrogen-bond acceptors (Lipinski definition) is 5. The van der Waals surface area contributed by atoms with Crippen LogP contribution in [0.5, 0.6) is 0 Å². The highest BCUT2D eigenvalue weighted by molar-refractivity contribution is 9.10. The number of allylic oxidation sites excluding steroid dienone is 1. The largest absolute Gasteiger partial charge is 0.293 e. The standard InChI is InChI=1S/C19H14BrN3O3/c1-11(24)16-15-17(23(21-16)14-5-3-2-4-6-14)19(26)22(18(15)25)13-9-7-12(20)8-10-13/h2-10,17,21H,1H3. The van der Waals surface area contributed by atoms with Crippen molar-refractivity contribution in [2.24, 2.45) is 0 Å². The molecule has 2 aromatic rings. The lowest BCUT2D eigenvalue weighted by molar-refractivity contribution is -0.121. The van der Waals surface area contributed by atoms with Crippen molar-refractivity contribution in [3.63, 3.8) is 0 Å². The van der Waals surface area contributed by atoms with Gasteiger partial charge in [-0.15, -0.1) is 0 Å². The molecule has 7 heteroatoms. The molecular weight excluding hydrogens is 398 g/mol. The number of Topliss-reactive ketones (excluding diaryl/α,β-unsaturated/α-hetero) is 1. The number of imide groups is 1. The molecule has 26 heavy (non-hydrogen) atoms. The Kier molecular flexibility index (Phi) is 3.88. The van der Waals surface area contributed by atoms with Crippen LogP contribution in [0.3, 0.4) is 0 Å².